The molecular formula is C22H38O4. The summed E-state index contributed by atoms with van der Waals surface area (Å²) in [4.78, 5) is 0. The van der Waals surface area contributed by atoms with Crippen LogP contribution in [0, 0.1) is 0 Å². The minimum Gasteiger partial charge on any atom is -0.504 e. The van der Waals surface area contributed by atoms with Crippen LogP contribution < -0.4 is 9.47 Å². The van der Waals surface area contributed by atoms with Crippen LogP contribution in [0.5, 0.6) is 23.0 Å². The van der Waals surface area contributed by atoms with Gasteiger partial charge >= 0.3 is 0 Å². The van der Waals surface area contributed by atoms with Gasteiger partial charge in [-0.3, -0.25) is 0 Å². The average molecular weight is 367 g/mol. The van der Waals surface area contributed by atoms with Gasteiger partial charge in [0.2, 0.25) is 11.5 Å². The molecule has 0 spiro atoms. The fourth-order valence-electron chi connectivity index (χ4n) is 2.94. The molecule has 1 aromatic carbocycles. The number of aromatic hydroxyl groups is 2. The highest BCUT2D eigenvalue weighted by Gasteiger charge is 2.25. The summed E-state index contributed by atoms with van der Waals surface area (Å²) in [6, 6.07) is 0. The minimum atomic E-state index is -0.168. The number of unbranched alkanes of at least 4 members (excludes halogenated alkanes) is 4. The van der Waals surface area contributed by atoms with E-state index in [0.29, 0.717) is 24.7 Å². The maximum atomic E-state index is 10.7. The first-order valence-corrected chi connectivity index (χ1v) is 10.5. The summed E-state index contributed by atoms with van der Waals surface area (Å²) in [7, 11) is 0. The third kappa shape index (κ3) is 6.30. The van der Waals surface area contributed by atoms with Gasteiger partial charge in [0, 0.05) is 11.1 Å². The lowest BCUT2D eigenvalue weighted by Crippen LogP contribution is -2.08. The Balaban J connectivity index is 3.36. The smallest absolute Gasteiger partial charge is 0.207 e. The Hall–Kier alpha value is -1.58. The topological polar surface area (TPSA) is 58.9 Å². The summed E-state index contributed by atoms with van der Waals surface area (Å²) in [5.41, 5.74) is 1.84. The lowest BCUT2D eigenvalue weighted by molar-refractivity contribution is 0.245. The fraction of sp³-hybridized carbons (Fsp3) is 0.727. The van der Waals surface area contributed by atoms with Crippen LogP contribution in [0.4, 0.5) is 0 Å². The summed E-state index contributed by atoms with van der Waals surface area (Å²) >= 11 is 0. The molecule has 0 unspecified atom stereocenters. The van der Waals surface area contributed by atoms with E-state index in [1.165, 1.54) is 0 Å². The van der Waals surface area contributed by atoms with E-state index >= 15 is 0 Å². The summed E-state index contributed by atoms with van der Waals surface area (Å²) in [5.74, 6) is 0.764. The van der Waals surface area contributed by atoms with E-state index in [2.05, 4.69) is 27.7 Å². The van der Waals surface area contributed by atoms with Crippen LogP contribution in [0.1, 0.15) is 90.2 Å². The maximum absolute atomic E-state index is 10.7. The predicted octanol–water partition coefficient (Wildman–Crippen LogP) is 6.14. The van der Waals surface area contributed by atoms with E-state index < -0.39 is 0 Å². The molecule has 4 nitrogen and oxygen atoms in total. The standard InChI is InChI=1S/C22H38O4/c1-5-9-13-17-18(14-10-6-2)21(25-15-11-7-3)22(20(24)19(17)23)26-16-12-8-4/h23-24H,5-16H2,1-4H3. The van der Waals surface area contributed by atoms with Crippen molar-refractivity contribution < 1.29 is 19.7 Å². The molecule has 0 aromatic heterocycles. The zero-order valence-corrected chi connectivity index (χ0v) is 17.2. The number of hydrogen-bond acceptors (Lipinski definition) is 4. The van der Waals surface area contributed by atoms with Gasteiger partial charge in [0.25, 0.3) is 0 Å². The Morgan fingerprint density at radius 3 is 1.54 bits per heavy atom. The van der Waals surface area contributed by atoms with E-state index in [0.717, 1.165) is 75.3 Å². The molecular weight excluding hydrogens is 328 g/mol. The molecule has 0 aliphatic heterocycles. The van der Waals surface area contributed by atoms with Gasteiger partial charge in [-0.15, -0.1) is 0 Å². The number of ether oxygens (including phenoxy) is 2. The van der Waals surface area contributed by atoms with Gasteiger partial charge in [-0.05, 0) is 38.5 Å². The van der Waals surface area contributed by atoms with Crippen molar-refractivity contribution >= 4 is 0 Å². The molecule has 0 radical (unpaired) electrons. The Morgan fingerprint density at radius 2 is 1.04 bits per heavy atom. The first-order chi connectivity index (χ1) is 12.6. The van der Waals surface area contributed by atoms with Crippen molar-refractivity contribution in [2.75, 3.05) is 13.2 Å². The molecule has 0 aliphatic carbocycles. The predicted molar refractivity (Wildman–Crippen MR) is 108 cm³/mol. The van der Waals surface area contributed by atoms with E-state index in [-0.39, 0.29) is 11.5 Å². The van der Waals surface area contributed by atoms with Crippen molar-refractivity contribution in [2.24, 2.45) is 0 Å². The highest BCUT2D eigenvalue weighted by atomic mass is 16.5. The highest BCUT2D eigenvalue weighted by Crippen LogP contribution is 2.49. The summed E-state index contributed by atoms with van der Waals surface area (Å²) in [5, 5.41) is 21.3. The minimum absolute atomic E-state index is 0.0288. The van der Waals surface area contributed by atoms with Crippen LogP contribution in [0.3, 0.4) is 0 Å². The molecule has 0 saturated carbocycles. The van der Waals surface area contributed by atoms with Crippen LogP contribution in [0.25, 0.3) is 0 Å². The molecule has 2 N–H and O–H groups in total. The summed E-state index contributed by atoms with van der Waals surface area (Å²) in [6.07, 6.45) is 9.56. The number of phenols is 2. The number of phenolic OH excluding ortho intramolecular Hbond substituents is 2. The van der Waals surface area contributed by atoms with Gasteiger partial charge in [0.15, 0.2) is 11.5 Å². The molecule has 1 aromatic rings. The summed E-state index contributed by atoms with van der Waals surface area (Å²) in [6.45, 7) is 9.61. The van der Waals surface area contributed by atoms with Crippen LogP contribution in [-0.4, -0.2) is 23.4 Å². The first-order valence-electron chi connectivity index (χ1n) is 10.5. The molecule has 0 fully saturated rings. The van der Waals surface area contributed by atoms with Crippen LogP contribution in [0.15, 0.2) is 0 Å². The van der Waals surface area contributed by atoms with Crippen molar-refractivity contribution in [1.29, 1.82) is 0 Å². The lowest BCUT2D eigenvalue weighted by Gasteiger charge is -2.22. The van der Waals surface area contributed by atoms with E-state index in [1.54, 1.807) is 0 Å². The third-order valence-corrected chi connectivity index (χ3v) is 4.62. The molecule has 0 saturated heterocycles. The molecule has 0 amide bonds. The SMILES string of the molecule is CCCCOc1c(O)c(O)c(CCCC)c(CCCC)c1OCCCC. The van der Waals surface area contributed by atoms with Crippen molar-refractivity contribution in [2.45, 2.75) is 91.9 Å². The number of benzene rings is 1. The maximum Gasteiger partial charge on any atom is 0.207 e. The number of hydrogen-bond donors (Lipinski definition) is 2. The average Bonchev–Trinajstić information content (AvgIpc) is 2.64. The van der Waals surface area contributed by atoms with Crippen LogP contribution in [-0.2, 0) is 12.8 Å². The zero-order chi connectivity index (χ0) is 19.4. The van der Waals surface area contributed by atoms with Gasteiger partial charge in [0.05, 0.1) is 13.2 Å². The Morgan fingerprint density at radius 1 is 0.577 bits per heavy atom. The normalized spacial score (nSPS) is 10.9. The lowest BCUT2D eigenvalue weighted by atomic mass is 9.94. The van der Waals surface area contributed by atoms with Crippen LogP contribution in [0.2, 0.25) is 0 Å². The number of rotatable bonds is 14. The van der Waals surface area contributed by atoms with Crippen LogP contribution >= 0.6 is 0 Å². The van der Waals surface area contributed by atoms with Gasteiger partial charge in [-0.25, -0.2) is 0 Å². The second-order valence-electron chi connectivity index (χ2n) is 6.92. The molecule has 0 bridgehead atoms. The Bertz CT molecular complexity index is 526. The van der Waals surface area contributed by atoms with E-state index in [1.807, 2.05) is 0 Å². The molecule has 0 aliphatic rings. The molecule has 150 valence electrons. The highest BCUT2D eigenvalue weighted by molar-refractivity contribution is 5.66. The molecule has 1 rings (SSSR count). The van der Waals surface area contributed by atoms with Gasteiger partial charge < -0.3 is 19.7 Å². The molecule has 4 heteroatoms. The van der Waals surface area contributed by atoms with Gasteiger partial charge in [-0.1, -0.05) is 53.4 Å². The van der Waals surface area contributed by atoms with Gasteiger partial charge in [-0.2, -0.15) is 0 Å². The van der Waals surface area contributed by atoms with Gasteiger partial charge in [0.1, 0.15) is 0 Å². The fourth-order valence-corrected chi connectivity index (χ4v) is 2.94. The second kappa shape index (κ2) is 12.7. The quantitative estimate of drug-likeness (QED) is 0.307. The van der Waals surface area contributed by atoms with Crippen molar-refractivity contribution in [3.05, 3.63) is 11.1 Å². The Labute approximate surface area is 159 Å². The Kier molecular flexibility index (Phi) is 11.0. The first kappa shape index (κ1) is 22.5. The van der Waals surface area contributed by atoms with Crippen molar-refractivity contribution in [3.63, 3.8) is 0 Å². The summed E-state index contributed by atoms with van der Waals surface area (Å²) < 4.78 is 12.0. The second-order valence-corrected chi connectivity index (χ2v) is 6.92. The third-order valence-electron chi connectivity index (χ3n) is 4.62. The van der Waals surface area contributed by atoms with E-state index in [9.17, 15) is 10.2 Å². The molecule has 0 heterocycles. The molecule has 0 atom stereocenters. The van der Waals surface area contributed by atoms with Crippen molar-refractivity contribution in [3.8, 4) is 23.0 Å². The van der Waals surface area contributed by atoms with Crippen molar-refractivity contribution in [1.82, 2.24) is 0 Å². The zero-order valence-electron chi connectivity index (χ0n) is 17.2. The molecule has 26 heavy (non-hydrogen) atoms. The largest absolute Gasteiger partial charge is 0.504 e. The van der Waals surface area contributed by atoms with E-state index in [4.69, 9.17) is 9.47 Å². The monoisotopic (exact) mass is 366 g/mol.